The zero-order valence-corrected chi connectivity index (χ0v) is 11.0. The van der Waals surface area contributed by atoms with E-state index in [0.717, 1.165) is 30.7 Å². The molecule has 2 nitrogen and oxygen atoms in total. The fraction of sp³-hybridized carbons (Fsp3) is 0.538. The molecule has 0 aliphatic carbocycles. The molecular weight excluding hydrogens is 222 g/mol. The van der Waals surface area contributed by atoms with E-state index in [0.29, 0.717) is 5.02 Å². The molecule has 0 aromatic heterocycles. The van der Waals surface area contributed by atoms with Gasteiger partial charge in [-0.1, -0.05) is 37.6 Å². The van der Waals surface area contributed by atoms with Gasteiger partial charge in [-0.05, 0) is 26.0 Å². The highest BCUT2D eigenvalue weighted by Crippen LogP contribution is 2.30. The first-order chi connectivity index (χ1) is 7.72. The average Bonchev–Trinajstić information content (AvgIpc) is 2.29. The van der Waals surface area contributed by atoms with Crippen molar-refractivity contribution in [3.8, 4) is 5.75 Å². The van der Waals surface area contributed by atoms with Crippen molar-refractivity contribution < 1.29 is 4.74 Å². The van der Waals surface area contributed by atoms with E-state index >= 15 is 0 Å². The molecule has 16 heavy (non-hydrogen) atoms. The number of hydrogen-bond acceptors (Lipinski definition) is 2. The van der Waals surface area contributed by atoms with Crippen LogP contribution >= 0.6 is 11.6 Å². The number of halogens is 1. The van der Waals surface area contributed by atoms with Crippen LogP contribution in [0.15, 0.2) is 18.2 Å². The fourth-order valence-corrected chi connectivity index (χ4v) is 1.88. The van der Waals surface area contributed by atoms with Gasteiger partial charge < -0.3 is 10.1 Å². The quantitative estimate of drug-likeness (QED) is 0.821. The molecule has 1 aromatic carbocycles. The Labute approximate surface area is 103 Å². The summed E-state index contributed by atoms with van der Waals surface area (Å²) in [6.45, 7) is 5.03. The van der Waals surface area contributed by atoms with Gasteiger partial charge in [0.25, 0.3) is 0 Å². The van der Waals surface area contributed by atoms with Crippen molar-refractivity contribution in [2.45, 2.75) is 39.3 Å². The highest BCUT2D eigenvalue weighted by Gasteiger charge is 2.12. The smallest absolute Gasteiger partial charge is 0.142 e. The molecule has 90 valence electrons. The number of ether oxygens (including phenoxy) is 1. The van der Waals surface area contributed by atoms with E-state index < -0.39 is 0 Å². The van der Waals surface area contributed by atoms with E-state index in [4.69, 9.17) is 16.3 Å². The minimum absolute atomic E-state index is 0.246. The lowest BCUT2D eigenvalue weighted by Gasteiger charge is -2.19. The van der Waals surface area contributed by atoms with E-state index in [9.17, 15) is 0 Å². The highest BCUT2D eigenvalue weighted by atomic mass is 35.5. The van der Waals surface area contributed by atoms with E-state index in [1.165, 1.54) is 0 Å². The first kappa shape index (κ1) is 13.3. The molecule has 1 aromatic rings. The Hall–Kier alpha value is -0.730. The van der Waals surface area contributed by atoms with Crippen LogP contribution in [-0.4, -0.2) is 13.2 Å². The normalized spacial score (nSPS) is 10.8. The third-order valence-electron chi connectivity index (χ3n) is 2.61. The second-order valence-corrected chi connectivity index (χ2v) is 4.22. The van der Waals surface area contributed by atoms with Crippen LogP contribution in [-0.2, 0) is 6.54 Å². The second kappa shape index (κ2) is 6.77. The molecule has 0 saturated carbocycles. The molecule has 0 amide bonds. The van der Waals surface area contributed by atoms with Crippen LogP contribution in [0.1, 0.15) is 32.3 Å². The van der Waals surface area contributed by atoms with Gasteiger partial charge in [-0.2, -0.15) is 0 Å². The van der Waals surface area contributed by atoms with Crippen LogP contribution in [0.3, 0.4) is 0 Å². The first-order valence-corrected chi connectivity index (χ1v) is 6.19. The summed E-state index contributed by atoms with van der Waals surface area (Å²) in [7, 11) is 1.92. The molecule has 0 aliphatic heterocycles. The van der Waals surface area contributed by atoms with Crippen molar-refractivity contribution in [1.29, 1.82) is 0 Å². The monoisotopic (exact) mass is 241 g/mol. The van der Waals surface area contributed by atoms with Gasteiger partial charge in [-0.15, -0.1) is 0 Å². The van der Waals surface area contributed by atoms with Crippen LogP contribution in [0, 0.1) is 0 Å². The zero-order valence-electron chi connectivity index (χ0n) is 10.2. The van der Waals surface area contributed by atoms with Crippen molar-refractivity contribution in [3.05, 3.63) is 28.8 Å². The van der Waals surface area contributed by atoms with E-state index in [-0.39, 0.29) is 6.10 Å². The maximum Gasteiger partial charge on any atom is 0.142 e. The van der Waals surface area contributed by atoms with Crippen LogP contribution in [0.4, 0.5) is 0 Å². The third-order valence-corrected chi connectivity index (χ3v) is 2.91. The van der Waals surface area contributed by atoms with Crippen molar-refractivity contribution >= 4 is 11.6 Å². The van der Waals surface area contributed by atoms with Gasteiger partial charge >= 0.3 is 0 Å². The molecule has 0 heterocycles. The van der Waals surface area contributed by atoms with Crippen molar-refractivity contribution in [2.24, 2.45) is 0 Å². The minimum Gasteiger partial charge on any atom is -0.489 e. The lowest BCUT2D eigenvalue weighted by Crippen LogP contribution is -2.16. The molecule has 0 atom stereocenters. The Morgan fingerprint density at radius 1 is 1.31 bits per heavy atom. The van der Waals surface area contributed by atoms with Crippen LogP contribution in [0.5, 0.6) is 5.75 Å². The second-order valence-electron chi connectivity index (χ2n) is 3.81. The molecule has 1 N–H and O–H groups in total. The molecule has 0 unspecified atom stereocenters. The number of para-hydroxylation sites is 1. The van der Waals surface area contributed by atoms with Gasteiger partial charge in [0.15, 0.2) is 0 Å². The van der Waals surface area contributed by atoms with Gasteiger partial charge in [-0.25, -0.2) is 0 Å². The predicted octanol–water partition coefficient (Wildman–Crippen LogP) is 3.63. The van der Waals surface area contributed by atoms with Crippen molar-refractivity contribution in [2.75, 3.05) is 7.05 Å². The van der Waals surface area contributed by atoms with E-state index in [1.807, 2.05) is 25.2 Å². The molecule has 0 bridgehead atoms. The highest BCUT2D eigenvalue weighted by molar-refractivity contribution is 6.32. The van der Waals surface area contributed by atoms with Gasteiger partial charge in [0.05, 0.1) is 11.1 Å². The average molecular weight is 242 g/mol. The summed E-state index contributed by atoms with van der Waals surface area (Å²) in [5.74, 6) is 0.826. The summed E-state index contributed by atoms with van der Waals surface area (Å²) >= 11 is 6.17. The lowest BCUT2D eigenvalue weighted by atomic mass is 10.1. The largest absolute Gasteiger partial charge is 0.489 e. The number of benzene rings is 1. The summed E-state index contributed by atoms with van der Waals surface area (Å²) in [6, 6.07) is 5.87. The Bertz CT molecular complexity index is 324. The summed E-state index contributed by atoms with van der Waals surface area (Å²) in [5, 5.41) is 3.82. The fourth-order valence-electron chi connectivity index (χ4n) is 1.64. The van der Waals surface area contributed by atoms with Crippen molar-refractivity contribution in [1.82, 2.24) is 5.32 Å². The first-order valence-electron chi connectivity index (χ1n) is 5.81. The Kier molecular flexibility index (Phi) is 5.64. The molecular formula is C13H20ClNO. The molecule has 3 heteroatoms. The maximum absolute atomic E-state index is 6.17. The lowest BCUT2D eigenvalue weighted by molar-refractivity contribution is 0.191. The van der Waals surface area contributed by atoms with Gasteiger partial charge in [0.1, 0.15) is 5.75 Å². The van der Waals surface area contributed by atoms with Crippen LogP contribution in [0.2, 0.25) is 5.02 Å². The standard InChI is InChI=1S/C13H20ClNO/c1-4-11(5-2)16-13-10(9-15-3)7-6-8-12(13)14/h6-8,11,15H,4-5,9H2,1-3H3. The van der Waals surface area contributed by atoms with Crippen molar-refractivity contribution in [3.63, 3.8) is 0 Å². The number of nitrogens with one attached hydrogen (secondary N) is 1. The number of rotatable bonds is 6. The molecule has 0 saturated heterocycles. The number of hydrogen-bond donors (Lipinski definition) is 1. The molecule has 0 aliphatic rings. The SMILES string of the molecule is CCC(CC)Oc1c(Cl)cccc1CNC. The molecule has 0 radical (unpaired) electrons. The minimum atomic E-state index is 0.246. The van der Waals surface area contributed by atoms with Gasteiger partial charge in [-0.3, -0.25) is 0 Å². The summed E-state index contributed by atoms with van der Waals surface area (Å²) in [6.07, 6.45) is 2.25. The predicted molar refractivity (Wildman–Crippen MR) is 69.2 cm³/mol. The Balaban J connectivity index is 2.91. The molecule has 0 fully saturated rings. The Morgan fingerprint density at radius 3 is 2.56 bits per heavy atom. The van der Waals surface area contributed by atoms with Crippen LogP contribution in [0.25, 0.3) is 0 Å². The van der Waals surface area contributed by atoms with E-state index in [1.54, 1.807) is 0 Å². The van der Waals surface area contributed by atoms with Crippen LogP contribution < -0.4 is 10.1 Å². The third kappa shape index (κ3) is 3.39. The summed E-state index contributed by atoms with van der Waals surface area (Å²) < 4.78 is 5.96. The zero-order chi connectivity index (χ0) is 12.0. The molecule has 0 spiro atoms. The maximum atomic E-state index is 6.17. The van der Waals surface area contributed by atoms with Gasteiger partial charge in [0, 0.05) is 12.1 Å². The van der Waals surface area contributed by atoms with Gasteiger partial charge in [0.2, 0.25) is 0 Å². The summed E-state index contributed by atoms with van der Waals surface area (Å²) in [4.78, 5) is 0. The topological polar surface area (TPSA) is 21.3 Å². The summed E-state index contributed by atoms with van der Waals surface area (Å²) in [5.41, 5.74) is 1.11. The van der Waals surface area contributed by atoms with E-state index in [2.05, 4.69) is 19.2 Å². The Morgan fingerprint density at radius 2 is 2.00 bits per heavy atom. The molecule has 1 rings (SSSR count).